The maximum Gasteiger partial charge on any atom is 0.254 e. The third-order valence-electron chi connectivity index (χ3n) is 13.5. The Morgan fingerprint density at radius 1 is 0.583 bits per heavy atom. The zero-order chi connectivity index (χ0) is 51.9. The Morgan fingerprint density at radius 3 is 1.44 bits per heavy atom. The third-order valence-corrected chi connectivity index (χ3v) is 13.5. The van der Waals surface area contributed by atoms with E-state index in [0.29, 0.717) is 76.9 Å². The van der Waals surface area contributed by atoms with Gasteiger partial charge in [-0.05, 0) is 114 Å². The van der Waals surface area contributed by atoms with Gasteiger partial charge in [-0.3, -0.25) is 14.5 Å². The van der Waals surface area contributed by atoms with E-state index in [1.807, 2.05) is 18.7 Å². The summed E-state index contributed by atoms with van der Waals surface area (Å²) >= 11 is 0. The maximum atomic E-state index is 14.4. The molecule has 2 saturated heterocycles. The first kappa shape index (κ1) is 55.1. The van der Waals surface area contributed by atoms with Crippen molar-refractivity contribution < 1.29 is 55.6 Å². The number of likely N-dealkylation sites (tertiary alicyclic amines) is 1. The molecule has 7 rings (SSSR count). The van der Waals surface area contributed by atoms with Gasteiger partial charge in [0.2, 0.25) is 11.5 Å². The number of amides is 2. The van der Waals surface area contributed by atoms with Crippen LogP contribution >= 0.6 is 0 Å². The first-order valence-corrected chi connectivity index (χ1v) is 24.6. The SMILES string of the molecule is COc1cc(C(=O)N(C/C(C)=C/c2ccc(F)cc2F)CC2CCCN2)cc(OC)c1OC.COc1cc(C(=O)N(C/C(C)=C/c2ccc(F)cc2F)CC2CCCN2C2CCCCC2)cc(OC)c1OC. The number of halogens is 4. The monoisotopic (exact) mass is 1000 g/mol. The van der Waals surface area contributed by atoms with Gasteiger partial charge >= 0.3 is 0 Å². The summed E-state index contributed by atoms with van der Waals surface area (Å²) in [5.41, 5.74) is 2.94. The molecule has 2 unspecified atom stereocenters. The second-order valence-corrected chi connectivity index (χ2v) is 18.6. The van der Waals surface area contributed by atoms with Crippen LogP contribution in [0.25, 0.3) is 12.2 Å². The van der Waals surface area contributed by atoms with E-state index >= 15 is 0 Å². The highest BCUT2D eigenvalue weighted by atomic mass is 19.1. The van der Waals surface area contributed by atoms with Crippen molar-refractivity contribution in [2.45, 2.75) is 89.8 Å². The van der Waals surface area contributed by atoms with Crippen molar-refractivity contribution in [3.05, 3.63) is 117 Å². The first-order valence-electron chi connectivity index (χ1n) is 24.6. The minimum absolute atomic E-state index is 0.169. The van der Waals surface area contributed by atoms with E-state index in [2.05, 4.69) is 10.2 Å². The molecule has 0 aromatic heterocycles. The molecule has 2 heterocycles. The second kappa shape index (κ2) is 26.4. The normalized spacial score (nSPS) is 17.4. The first-order chi connectivity index (χ1) is 34.7. The van der Waals surface area contributed by atoms with E-state index in [4.69, 9.17) is 28.4 Å². The number of hydrogen-bond acceptors (Lipinski definition) is 10. The predicted octanol–water partition coefficient (Wildman–Crippen LogP) is 10.6. The van der Waals surface area contributed by atoms with Gasteiger partial charge in [0.25, 0.3) is 11.8 Å². The van der Waals surface area contributed by atoms with Crippen LogP contribution in [0.1, 0.15) is 103 Å². The molecular formula is C56H70F4N4O8. The number of methoxy groups -OCH3 is 6. The van der Waals surface area contributed by atoms with Gasteiger partial charge < -0.3 is 43.5 Å². The molecule has 0 spiro atoms. The molecule has 3 fully saturated rings. The van der Waals surface area contributed by atoms with Crippen molar-refractivity contribution in [2.75, 3.05) is 81.9 Å². The van der Waals surface area contributed by atoms with Crippen LogP contribution in [-0.4, -0.2) is 127 Å². The molecule has 72 heavy (non-hydrogen) atoms. The molecule has 0 bridgehead atoms. The number of carbonyl (C=O) groups excluding carboxylic acids is 2. The van der Waals surface area contributed by atoms with Gasteiger partial charge in [0.05, 0.1) is 42.7 Å². The van der Waals surface area contributed by atoms with Crippen LogP contribution in [0.4, 0.5) is 17.6 Å². The highest BCUT2D eigenvalue weighted by Gasteiger charge is 2.34. The molecule has 1 saturated carbocycles. The summed E-state index contributed by atoms with van der Waals surface area (Å²) in [6.07, 6.45) is 13.7. The zero-order valence-electron chi connectivity index (χ0n) is 42.9. The molecular weight excluding hydrogens is 933 g/mol. The van der Waals surface area contributed by atoms with Crippen LogP contribution < -0.4 is 33.7 Å². The number of ether oxygens (including phenoxy) is 6. The van der Waals surface area contributed by atoms with Gasteiger partial charge in [-0.2, -0.15) is 0 Å². The standard InChI is InChI=1S/C31H40F2N2O4.C25H30F2N2O4/c1-21(15-22-12-13-24(32)18-27(22)33)19-34(20-26-11-8-14-35(26)25-9-6-5-7-10-25)31(36)23-16-28(37-2)30(39-4)29(17-23)38-3;1-16(10-17-7-8-19(26)13-21(17)27)14-29(15-20-6-5-9-28-20)25(30)18-11-22(31-2)24(33-4)23(12-18)32-3/h12-13,15-18,25-26H,5-11,14,19-20H2,1-4H3;7-8,10-13,20,28H,5-6,9,14-15H2,1-4H3/b21-15+;16-10+. The quantitative estimate of drug-likeness (QED) is 0.0912. The number of carbonyl (C=O) groups is 2. The van der Waals surface area contributed by atoms with Crippen molar-refractivity contribution in [1.29, 1.82) is 0 Å². The summed E-state index contributed by atoms with van der Waals surface area (Å²) in [4.78, 5) is 33.8. The Labute approximate surface area is 421 Å². The van der Waals surface area contributed by atoms with Crippen molar-refractivity contribution in [3.8, 4) is 34.5 Å². The van der Waals surface area contributed by atoms with Gasteiger partial charge in [-0.25, -0.2) is 17.6 Å². The zero-order valence-corrected chi connectivity index (χ0v) is 42.9. The van der Waals surface area contributed by atoms with Crippen LogP contribution in [0.2, 0.25) is 0 Å². The fourth-order valence-electron chi connectivity index (χ4n) is 10.1. The van der Waals surface area contributed by atoms with E-state index in [1.165, 1.54) is 99.0 Å². The summed E-state index contributed by atoms with van der Waals surface area (Å²) < 4.78 is 87.8. The number of nitrogens with zero attached hydrogens (tertiary/aromatic N) is 3. The average Bonchev–Trinajstić information content (AvgIpc) is 4.09. The van der Waals surface area contributed by atoms with Gasteiger partial charge in [0.15, 0.2) is 23.0 Å². The van der Waals surface area contributed by atoms with E-state index in [0.717, 1.165) is 62.1 Å². The van der Waals surface area contributed by atoms with E-state index < -0.39 is 23.3 Å². The number of nitrogens with one attached hydrogen (secondary N) is 1. The molecule has 4 aromatic rings. The fourth-order valence-corrected chi connectivity index (χ4v) is 10.1. The molecule has 3 aliphatic rings. The van der Waals surface area contributed by atoms with E-state index in [1.54, 1.807) is 41.3 Å². The molecule has 390 valence electrons. The van der Waals surface area contributed by atoms with Crippen LogP contribution in [-0.2, 0) is 0 Å². The Bertz CT molecular complexity index is 2490. The third kappa shape index (κ3) is 14.2. The highest BCUT2D eigenvalue weighted by Crippen LogP contribution is 2.40. The highest BCUT2D eigenvalue weighted by molar-refractivity contribution is 5.96. The van der Waals surface area contributed by atoms with Crippen LogP contribution in [0.5, 0.6) is 34.5 Å². The molecule has 4 aromatic carbocycles. The minimum Gasteiger partial charge on any atom is -0.493 e. The summed E-state index contributed by atoms with van der Waals surface area (Å²) in [5.74, 6) is -0.485. The molecule has 16 heteroatoms. The van der Waals surface area contributed by atoms with Crippen molar-refractivity contribution >= 4 is 24.0 Å². The fraction of sp³-hybridized carbons (Fsp3) is 0.464. The van der Waals surface area contributed by atoms with Crippen molar-refractivity contribution in [1.82, 2.24) is 20.0 Å². The van der Waals surface area contributed by atoms with Gasteiger partial charge in [-0.15, -0.1) is 0 Å². The van der Waals surface area contributed by atoms with Crippen LogP contribution in [0.15, 0.2) is 71.8 Å². The topological polar surface area (TPSA) is 111 Å². The summed E-state index contributed by atoms with van der Waals surface area (Å²) in [7, 11) is 9.06. The summed E-state index contributed by atoms with van der Waals surface area (Å²) in [5, 5.41) is 3.41. The molecule has 2 amide bonds. The van der Waals surface area contributed by atoms with Gasteiger partial charge in [-0.1, -0.05) is 42.6 Å². The lowest BCUT2D eigenvalue weighted by Gasteiger charge is -2.38. The number of rotatable bonds is 19. The molecule has 1 aliphatic carbocycles. The molecule has 2 atom stereocenters. The van der Waals surface area contributed by atoms with Crippen LogP contribution in [0, 0.1) is 23.3 Å². The van der Waals surface area contributed by atoms with Gasteiger partial charge in [0.1, 0.15) is 23.3 Å². The smallest absolute Gasteiger partial charge is 0.254 e. The number of benzene rings is 4. The number of hydrogen-bond donors (Lipinski definition) is 1. The summed E-state index contributed by atoms with van der Waals surface area (Å²) in [6.45, 7) is 7.29. The minimum atomic E-state index is -0.644. The Hall–Kier alpha value is -6.26. The average molecular weight is 1000 g/mol. The molecule has 0 radical (unpaired) electrons. The van der Waals surface area contributed by atoms with Crippen molar-refractivity contribution in [3.63, 3.8) is 0 Å². The molecule has 12 nitrogen and oxygen atoms in total. The van der Waals surface area contributed by atoms with Crippen LogP contribution in [0.3, 0.4) is 0 Å². The second-order valence-electron chi connectivity index (χ2n) is 18.6. The largest absolute Gasteiger partial charge is 0.493 e. The molecule has 1 N–H and O–H groups in total. The Kier molecular flexibility index (Phi) is 20.2. The van der Waals surface area contributed by atoms with E-state index in [9.17, 15) is 27.2 Å². The lowest BCUT2D eigenvalue weighted by atomic mass is 9.93. The summed E-state index contributed by atoms with van der Waals surface area (Å²) in [6, 6.07) is 14.6. The molecule has 2 aliphatic heterocycles. The lowest BCUT2D eigenvalue weighted by molar-refractivity contribution is 0.0670. The van der Waals surface area contributed by atoms with Gasteiger partial charge in [0, 0.05) is 78.7 Å². The predicted molar refractivity (Wildman–Crippen MR) is 272 cm³/mol. The maximum absolute atomic E-state index is 14.4. The van der Waals surface area contributed by atoms with E-state index in [-0.39, 0.29) is 36.0 Å². The Morgan fingerprint density at radius 2 is 1.04 bits per heavy atom. The lowest BCUT2D eigenvalue weighted by Crippen LogP contribution is -2.47. The Balaban J connectivity index is 0.000000239. The van der Waals surface area contributed by atoms with Crippen molar-refractivity contribution in [2.24, 2.45) is 0 Å².